The van der Waals surface area contributed by atoms with Crippen molar-refractivity contribution < 1.29 is 9.53 Å². The second-order valence-electron chi connectivity index (χ2n) is 5.88. The molecule has 3 rings (SSSR count). The van der Waals surface area contributed by atoms with Crippen molar-refractivity contribution in [2.45, 2.75) is 31.7 Å². The molecule has 2 aliphatic rings. The van der Waals surface area contributed by atoms with E-state index in [1.165, 1.54) is 4.57 Å². The molecule has 0 bridgehead atoms. The van der Waals surface area contributed by atoms with Gasteiger partial charge in [0.05, 0.1) is 0 Å². The summed E-state index contributed by atoms with van der Waals surface area (Å²) >= 11 is 0. The van der Waals surface area contributed by atoms with Crippen LogP contribution in [0.2, 0.25) is 0 Å². The van der Waals surface area contributed by atoms with Crippen LogP contribution in [0.25, 0.3) is 0 Å². The number of nitrogens with one attached hydrogen (secondary N) is 1. The smallest absolute Gasteiger partial charge is 0.263 e. The predicted octanol–water partition coefficient (Wildman–Crippen LogP) is 1.07. The number of hydrogen-bond donors (Lipinski definition) is 1. The van der Waals surface area contributed by atoms with Gasteiger partial charge in [-0.3, -0.25) is 9.59 Å². The summed E-state index contributed by atoms with van der Waals surface area (Å²) in [6.07, 6.45) is 5.81. The largest absolute Gasteiger partial charge is 0.381 e. The SMILES string of the molecule is Cn1cccc(C(=O)NC2CCC23CCOCC3)c1=O. The van der Waals surface area contributed by atoms with Gasteiger partial charge in [0.2, 0.25) is 0 Å². The summed E-state index contributed by atoms with van der Waals surface area (Å²) in [6, 6.07) is 3.50. The highest BCUT2D eigenvalue weighted by atomic mass is 16.5. The number of pyridine rings is 1. The molecule has 2 heterocycles. The highest BCUT2D eigenvalue weighted by Crippen LogP contribution is 2.48. The molecule has 1 N–H and O–H groups in total. The first-order chi connectivity index (χ1) is 9.62. The van der Waals surface area contributed by atoms with E-state index in [9.17, 15) is 9.59 Å². The lowest BCUT2D eigenvalue weighted by molar-refractivity contribution is -0.0523. The fraction of sp³-hybridized carbons (Fsp3) is 0.600. The third-order valence-corrected chi connectivity index (χ3v) is 4.83. The van der Waals surface area contributed by atoms with Gasteiger partial charge in [-0.05, 0) is 43.2 Å². The number of amides is 1. The van der Waals surface area contributed by atoms with Crippen LogP contribution in [0.1, 0.15) is 36.0 Å². The summed E-state index contributed by atoms with van der Waals surface area (Å²) in [6.45, 7) is 1.55. The van der Waals surface area contributed by atoms with Gasteiger partial charge in [0.1, 0.15) is 5.56 Å². The van der Waals surface area contributed by atoms with E-state index in [0.29, 0.717) is 0 Å². The first kappa shape index (κ1) is 13.4. The Balaban J connectivity index is 1.73. The monoisotopic (exact) mass is 276 g/mol. The summed E-state index contributed by atoms with van der Waals surface area (Å²) in [7, 11) is 1.66. The average Bonchev–Trinajstić information content (AvgIpc) is 2.47. The van der Waals surface area contributed by atoms with Crippen LogP contribution in [-0.2, 0) is 11.8 Å². The van der Waals surface area contributed by atoms with E-state index in [2.05, 4.69) is 5.32 Å². The molecule has 1 aliphatic heterocycles. The Labute approximate surface area is 117 Å². The molecule has 1 aromatic heterocycles. The number of ether oxygens (including phenoxy) is 1. The van der Waals surface area contributed by atoms with Crippen LogP contribution >= 0.6 is 0 Å². The molecule has 1 unspecified atom stereocenters. The molecule has 2 fully saturated rings. The molecule has 0 aromatic carbocycles. The molecule has 1 amide bonds. The molecule has 1 aromatic rings. The lowest BCUT2D eigenvalue weighted by atomic mass is 9.60. The van der Waals surface area contributed by atoms with Gasteiger partial charge in [-0.15, -0.1) is 0 Å². The van der Waals surface area contributed by atoms with Gasteiger partial charge in [0.15, 0.2) is 0 Å². The summed E-state index contributed by atoms with van der Waals surface area (Å²) in [5, 5.41) is 3.05. The minimum Gasteiger partial charge on any atom is -0.381 e. The quantitative estimate of drug-likeness (QED) is 0.879. The molecule has 20 heavy (non-hydrogen) atoms. The normalized spacial score (nSPS) is 24.1. The zero-order valence-corrected chi connectivity index (χ0v) is 11.7. The number of nitrogens with zero attached hydrogens (tertiary/aromatic N) is 1. The van der Waals surface area contributed by atoms with Crippen LogP contribution in [0.3, 0.4) is 0 Å². The third-order valence-electron chi connectivity index (χ3n) is 4.83. The molecule has 108 valence electrons. The highest BCUT2D eigenvalue weighted by molar-refractivity contribution is 5.94. The van der Waals surface area contributed by atoms with Crippen molar-refractivity contribution in [3.8, 4) is 0 Å². The van der Waals surface area contributed by atoms with Crippen molar-refractivity contribution in [1.29, 1.82) is 0 Å². The lowest BCUT2D eigenvalue weighted by Gasteiger charge is -2.52. The van der Waals surface area contributed by atoms with Crippen molar-refractivity contribution in [3.63, 3.8) is 0 Å². The van der Waals surface area contributed by atoms with Gasteiger partial charge in [-0.1, -0.05) is 0 Å². The van der Waals surface area contributed by atoms with Crippen molar-refractivity contribution in [2.75, 3.05) is 13.2 Å². The Kier molecular flexibility index (Phi) is 3.38. The molecule has 1 aliphatic carbocycles. The number of rotatable bonds is 2. The maximum absolute atomic E-state index is 12.3. The Hall–Kier alpha value is -1.62. The molecule has 5 heteroatoms. The van der Waals surface area contributed by atoms with E-state index in [4.69, 9.17) is 4.74 Å². The highest BCUT2D eigenvalue weighted by Gasteiger charge is 2.48. The van der Waals surface area contributed by atoms with Crippen molar-refractivity contribution in [2.24, 2.45) is 12.5 Å². The summed E-state index contributed by atoms with van der Waals surface area (Å²) in [5.74, 6) is -0.248. The van der Waals surface area contributed by atoms with E-state index >= 15 is 0 Å². The maximum Gasteiger partial charge on any atom is 0.263 e. The first-order valence-electron chi connectivity index (χ1n) is 7.17. The third kappa shape index (κ3) is 2.16. The Bertz CT molecular complexity index is 573. The minimum absolute atomic E-state index is 0.184. The number of hydrogen-bond acceptors (Lipinski definition) is 3. The second-order valence-corrected chi connectivity index (χ2v) is 5.88. The minimum atomic E-state index is -0.248. The average molecular weight is 276 g/mol. The molecule has 1 saturated heterocycles. The number of aryl methyl sites for hydroxylation is 1. The van der Waals surface area contributed by atoms with Crippen LogP contribution in [0.4, 0.5) is 0 Å². The summed E-state index contributed by atoms with van der Waals surface area (Å²) in [4.78, 5) is 24.2. The van der Waals surface area contributed by atoms with Crippen molar-refractivity contribution in [1.82, 2.24) is 9.88 Å². The molecule has 1 spiro atoms. The van der Waals surface area contributed by atoms with Gasteiger partial charge < -0.3 is 14.6 Å². The van der Waals surface area contributed by atoms with Gasteiger partial charge >= 0.3 is 0 Å². The van der Waals surface area contributed by atoms with Crippen LogP contribution in [0, 0.1) is 5.41 Å². The van der Waals surface area contributed by atoms with Crippen LogP contribution in [0.5, 0.6) is 0 Å². The van der Waals surface area contributed by atoms with Gasteiger partial charge in [-0.25, -0.2) is 0 Å². The zero-order valence-electron chi connectivity index (χ0n) is 11.7. The number of aromatic nitrogens is 1. The second kappa shape index (κ2) is 5.05. The Morgan fingerprint density at radius 2 is 2.15 bits per heavy atom. The van der Waals surface area contributed by atoms with Crippen LogP contribution in [-0.4, -0.2) is 29.7 Å². The van der Waals surface area contributed by atoms with E-state index in [1.807, 2.05) is 0 Å². The first-order valence-corrected chi connectivity index (χ1v) is 7.17. The van der Waals surface area contributed by atoms with Gasteiger partial charge in [-0.2, -0.15) is 0 Å². The van der Waals surface area contributed by atoms with E-state index in [-0.39, 0.29) is 28.5 Å². The Morgan fingerprint density at radius 1 is 1.40 bits per heavy atom. The maximum atomic E-state index is 12.3. The van der Waals surface area contributed by atoms with Gasteiger partial charge in [0.25, 0.3) is 11.5 Å². The van der Waals surface area contributed by atoms with Gasteiger partial charge in [0, 0.05) is 32.5 Å². The lowest BCUT2D eigenvalue weighted by Crippen LogP contribution is -2.57. The Morgan fingerprint density at radius 3 is 2.80 bits per heavy atom. The fourth-order valence-electron chi connectivity index (χ4n) is 3.30. The summed E-state index contributed by atoms with van der Waals surface area (Å²) < 4.78 is 6.84. The van der Waals surface area contributed by atoms with Crippen LogP contribution < -0.4 is 10.9 Å². The zero-order chi connectivity index (χ0) is 14.2. The topological polar surface area (TPSA) is 60.3 Å². The molecule has 5 nitrogen and oxygen atoms in total. The molecular formula is C15H20N2O3. The van der Waals surface area contributed by atoms with E-state index < -0.39 is 0 Å². The number of carbonyl (C=O) groups is 1. The van der Waals surface area contributed by atoms with E-state index in [0.717, 1.165) is 38.9 Å². The predicted molar refractivity (Wildman–Crippen MR) is 74.7 cm³/mol. The molecule has 1 atom stereocenters. The number of carbonyl (C=O) groups excluding carboxylic acids is 1. The molecule has 1 saturated carbocycles. The van der Waals surface area contributed by atoms with E-state index in [1.54, 1.807) is 25.4 Å². The van der Waals surface area contributed by atoms with Crippen molar-refractivity contribution >= 4 is 5.91 Å². The molecule has 0 radical (unpaired) electrons. The van der Waals surface area contributed by atoms with Crippen LogP contribution in [0.15, 0.2) is 23.1 Å². The fourth-order valence-corrected chi connectivity index (χ4v) is 3.30. The van der Waals surface area contributed by atoms with Crippen molar-refractivity contribution in [3.05, 3.63) is 34.2 Å². The summed E-state index contributed by atoms with van der Waals surface area (Å²) in [5.41, 5.74) is 0.183. The molecular weight excluding hydrogens is 256 g/mol. The standard InChI is InChI=1S/C15H20N2O3/c1-17-8-2-3-11(14(17)19)13(18)16-12-4-5-15(12)6-9-20-10-7-15/h2-3,8,12H,4-7,9-10H2,1H3,(H,16,18).